The SMILES string of the molecule is C=C(C[C@H](C=O)Cc1ccccc1)C(=O)OC(C)(C)C. The fourth-order valence-electron chi connectivity index (χ4n) is 1.84. The van der Waals surface area contributed by atoms with Gasteiger partial charge in [0.2, 0.25) is 0 Å². The minimum atomic E-state index is -0.546. The third kappa shape index (κ3) is 5.83. The highest BCUT2D eigenvalue weighted by Gasteiger charge is 2.21. The Kier molecular flexibility index (Phi) is 5.68. The Morgan fingerprint density at radius 1 is 1.30 bits per heavy atom. The van der Waals surface area contributed by atoms with Crippen molar-refractivity contribution in [1.29, 1.82) is 0 Å². The highest BCUT2D eigenvalue weighted by Crippen LogP contribution is 2.18. The molecule has 20 heavy (non-hydrogen) atoms. The lowest BCUT2D eigenvalue weighted by molar-refractivity contribution is -0.150. The van der Waals surface area contributed by atoms with E-state index in [1.807, 2.05) is 30.3 Å². The number of carbonyl (C=O) groups is 2. The first-order valence-electron chi connectivity index (χ1n) is 6.72. The summed E-state index contributed by atoms with van der Waals surface area (Å²) in [6, 6.07) is 9.72. The summed E-state index contributed by atoms with van der Waals surface area (Å²) in [4.78, 5) is 23.0. The Morgan fingerprint density at radius 3 is 2.40 bits per heavy atom. The van der Waals surface area contributed by atoms with E-state index in [0.29, 0.717) is 18.4 Å². The lowest BCUT2D eigenvalue weighted by Crippen LogP contribution is -2.25. The molecule has 0 radical (unpaired) electrons. The standard InChI is InChI=1S/C17H22O3/c1-13(16(19)20-17(2,3)4)10-15(12-18)11-14-8-6-5-7-9-14/h5-9,12,15H,1,10-11H2,2-4H3/t15-/m0/s1. The van der Waals surface area contributed by atoms with Crippen LogP contribution in [0.5, 0.6) is 0 Å². The number of rotatable bonds is 6. The number of aldehydes is 1. The molecule has 0 saturated carbocycles. The van der Waals surface area contributed by atoms with Crippen LogP contribution in [0.25, 0.3) is 0 Å². The zero-order valence-corrected chi connectivity index (χ0v) is 12.4. The van der Waals surface area contributed by atoms with Crippen LogP contribution in [-0.2, 0) is 20.7 Å². The summed E-state index contributed by atoms with van der Waals surface area (Å²) in [5.74, 6) is -0.685. The summed E-state index contributed by atoms with van der Waals surface area (Å²) < 4.78 is 5.24. The third-order valence-corrected chi connectivity index (χ3v) is 2.73. The van der Waals surface area contributed by atoms with E-state index in [-0.39, 0.29) is 5.92 Å². The van der Waals surface area contributed by atoms with Crippen LogP contribution >= 0.6 is 0 Å². The molecule has 1 aromatic rings. The fourth-order valence-corrected chi connectivity index (χ4v) is 1.84. The quantitative estimate of drug-likeness (QED) is 0.454. The van der Waals surface area contributed by atoms with E-state index in [4.69, 9.17) is 4.74 Å². The molecular weight excluding hydrogens is 252 g/mol. The van der Waals surface area contributed by atoms with Crippen molar-refractivity contribution >= 4 is 12.3 Å². The van der Waals surface area contributed by atoms with Crippen LogP contribution in [0.2, 0.25) is 0 Å². The molecule has 3 nitrogen and oxygen atoms in total. The summed E-state index contributed by atoms with van der Waals surface area (Å²) in [6.45, 7) is 9.15. The molecule has 0 amide bonds. The van der Waals surface area contributed by atoms with E-state index >= 15 is 0 Å². The van der Waals surface area contributed by atoms with Gasteiger partial charge in [0.05, 0.1) is 0 Å². The summed E-state index contributed by atoms with van der Waals surface area (Å²) in [7, 11) is 0. The summed E-state index contributed by atoms with van der Waals surface area (Å²) in [6.07, 6.45) is 1.81. The molecule has 108 valence electrons. The monoisotopic (exact) mass is 274 g/mol. The van der Waals surface area contributed by atoms with E-state index in [2.05, 4.69) is 6.58 Å². The first-order valence-corrected chi connectivity index (χ1v) is 6.72. The molecule has 0 aliphatic carbocycles. The molecule has 0 bridgehead atoms. The van der Waals surface area contributed by atoms with Gasteiger partial charge in [-0.25, -0.2) is 4.79 Å². The Bertz CT molecular complexity index is 469. The van der Waals surface area contributed by atoms with Gasteiger partial charge in [-0.2, -0.15) is 0 Å². The van der Waals surface area contributed by atoms with Crippen LogP contribution in [0, 0.1) is 5.92 Å². The molecule has 0 N–H and O–H groups in total. The number of hydrogen-bond donors (Lipinski definition) is 0. The molecular formula is C17H22O3. The highest BCUT2D eigenvalue weighted by molar-refractivity contribution is 5.88. The van der Waals surface area contributed by atoms with Gasteiger partial charge in [0.1, 0.15) is 11.9 Å². The Morgan fingerprint density at radius 2 is 1.90 bits per heavy atom. The van der Waals surface area contributed by atoms with Crippen LogP contribution < -0.4 is 0 Å². The molecule has 1 rings (SSSR count). The molecule has 0 fully saturated rings. The maximum absolute atomic E-state index is 11.8. The Labute approximate surface area is 120 Å². The number of carbonyl (C=O) groups excluding carboxylic acids is 2. The normalized spacial score (nSPS) is 12.6. The van der Waals surface area contributed by atoms with Crippen molar-refractivity contribution in [2.45, 2.75) is 39.2 Å². The second-order valence-corrected chi connectivity index (χ2v) is 5.90. The second-order valence-electron chi connectivity index (χ2n) is 5.90. The van der Waals surface area contributed by atoms with Crippen molar-refractivity contribution in [3.8, 4) is 0 Å². The van der Waals surface area contributed by atoms with Gasteiger partial charge in [-0.1, -0.05) is 36.9 Å². The van der Waals surface area contributed by atoms with Crippen LogP contribution in [0.4, 0.5) is 0 Å². The van der Waals surface area contributed by atoms with Crippen molar-refractivity contribution in [2.75, 3.05) is 0 Å². The summed E-state index contributed by atoms with van der Waals surface area (Å²) >= 11 is 0. The van der Waals surface area contributed by atoms with Gasteiger partial charge in [-0.05, 0) is 39.2 Å². The van der Waals surface area contributed by atoms with Gasteiger partial charge in [0.25, 0.3) is 0 Å². The maximum atomic E-state index is 11.8. The van der Waals surface area contributed by atoms with E-state index in [0.717, 1.165) is 11.8 Å². The fraction of sp³-hybridized carbons (Fsp3) is 0.412. The van der Waals surface area contributed by atoms with Gasteiger partial charge < -0.3 is 9.53 Å². The largest absolute Gasteiger partial charge is 0.457 e. The average Bonchev–Trinajstić information content (AvgIpc) is 2.37. The van der Waals surface area contributed by atoms with E-state index in [9.17, 15) is 9.59 Å². The van der Waals surface area contributed by atoms with Crippen LogP contribution in [0.1, 0.15) is 32.8 Å². The molecule has 0 heterocycles. The smallest absolute Gasteiger partial charge is 0.333 e. The van der Waals surface area contributed by atoms with Gasteiger partial charge in [-0.3, -0.25) is 0 Å². The number of ether oxygens (including phenoxy) is 1. The lowest BCUT2D eigenvalue weighted by atomic mass is 9.94. The molecule has 0 aliphatic rings. The summed E-state index contributed by atoms with van der Waals surface area (Å²) in [5, 5.41) is 0. The maximum Gasteiger partial charge on any atom is 0.333 e. The van der Waals surface area contributed by atoms with Crippen molar-refractivity contribution in [1.82, 2.24) is 0 Å². The number of hydrogen-bond acceptors (Lipinski definition) is 3. The van der Waals surface area contributed by atoms with Crippen LogP contribution in [0.3, 0.4) is 0 Å². The third-order valence-electron chi connectivity index (χ3n) is 2.73. The van der Waals surface area contributed by atoms with Gasteiger partial charge in [-0.15, -0.1) is 0 Å². The Balaban J connectivity index is 2.58. The molecule has 1 aromatic carbocycles. The van der Waals surface area contributed by atoms with Gasteiger partial charge >= 0.3 is 5.97 Å². The van der Waals surface area contributed by atoms with E-state index in [1.165, 1.54) is 0 Å². The van der Waals surface area contributed by atoms with Crippen molar-refractivity contribution < 1.29 is 14.3 Å². The van der Waals surface area contributed by atoms with Gasteiger partial charge in [0, 0.05) is 11.5 Å². The molecule has 0 saturated heterocycles. The first-order chi connectivity index (χ1) is 9.31. The minimum Gasteiger partial charge on any atom is -0.457 e. The lowest BCUT2D eigenvalue weighted by Gasteiger charge is -2.21. The number of benzene rings is 1. The van der Waals surface area contributed by atoms with E-state index in [1.54, 1.807) is 20.8 Å². The van der Waals surface area contributed by atoms with Crippen LogP contribution in [0.15, 0.2) is 42.5 Å². The zero-order valence-electron chi connectivity index (χ0n) is 12.4. The minimum absolute atomic E-state index is 0.252. The molecule has 0 spiro atoms. The predicted octanol–water partition coefficient (Wildman–Crippen LogP) is 3.33. The first kappa shape index (κ1) is 16.2. The van der Waals surface area contributed by atoms with Gasteiger partial charge in [0.15, 0.2) is 0 Å². The van der Waals surface area contributed by atoms with Crippen LogP contribution in [-0.4, -0.2) is 17.9 Å². The molecule has 0 aliphatic heterocycles. The number of esters is 1. The molecule has 0 unspecified atom stereocenters. The topological polar surface area (TPSA) is 43.4 Å². The Hall–Kier alpha value is -1.90. The zero-order chi connectivity index (χ0) is 15.2. The molecule has 3 heteroatoms. The average molecular weight is 274 g/mol. The molecule has 0 aromatic heterocycles. The highest BCUT2D eigenvalue weighted by atomic mass is 16.6. The van der Waals surface area contributed by atoms with Crippen molar-refractivity contribution in [3.05, 3.63) is 48.0 Å². The molecule has 1 atom stereocenters. The van der Waals surface area contributed by atoms with Crippen molar-refractivity contribution in [3.63, 3.8) is 0 Å². The second kappa shape index (κ2) is 7.04. The van der Waals surface area contributed by atoms with E-state index < -0.39 is 11.6 Å². The van der Waals surface area contributed by atoms with Crippen molar-refractivity contribution in [2.24, 2.45) is 5.92 Å². The summed E-state index contributed by atoms with van der Waals surface area (Å²) in [5.41, 5.74) is 0.866. The predicted molar refractivity (Wildman–Crippen MR) is 79.3 cm³/mol.